The number of guanidine groups is 1. The Labute approximate surface area is 396 Å². The van der Waals surface area contributed by atoms with Gasteiger partial charge in [0.15, 0.2) is 6.10 Å². The number of aliphatic hydroxyl groups is 1. The molecule has 0 saturated heterocycles. The van der Waals surface area contributed by atoms with Crippen molar-refractivity contribution in [2.24, 2.45) is 10.7 Å². The molecule has 2 aliphatic rings. The molecule has 1 aliphatic carbocycles. The number of nitrogens with one attached hydrogen (secondary N) is 5. The predicted molar refractivity (Wildman–Crippen MR) is 258 cm³/mol. The van der Waals surface area contributed by atoms with Gasteiger partial charge in [-0.05, 0) is 135 Å². The van der Waals surface area contributed by atoms with Gasteiger partial charge in [0.05, 0.1) is 22.6 Å². The highest BCUT2D eigenvalue weighted by Gasteiger charge is 2.39. The SMILES string of the molecule is Cc1c(C)c(S(=O)(=O)NC(N)=NCCC[C@H](NC(=O)[C@@H](NC(=O)[C@H](CCc2ccccc2)NC(=O)CCc2ccccc2)[C@@H](C)OC(C)(C)C)C(O)C(=O)NC2CC2)c(C)c2c1OC(C)(C)C2. The van der Waals surface area contributed by atoms with Crippen LogP contribution in [0.1, 0.15) is 113 Å². The summed E-state index contributed by atoms with van der Waals surface area (Å²) in [5.74, 6) is -2.01. The van der Waals surface area contributed by atoms with E-state index in [0.717, 1.165) is 35.1 Å². The molecule has 5 atom stereocenters. The maximum atomic E-state index is 14.4. The maximum absolute atomic E-state index is 14.4. The lowest BCUT2D eigenvalue weighted by molar-refractivity contribution is -0.140. The monoisotopic (exact) mass is 946 g/mol. The second-order valence-electron chi connectivity index (χ2n) is 19.5. The van der Waals surface area contributed by atoms with E-state index in [2.05, 4.69) is 31.0 Å². The third-order valence-electron chi connectivity index (χ3n) is 11.9. The first kappa shape index (κ1) is 52.4. The number of hydrogen-bond acceptors (Lipinski definition) is 10. The van der Waals surface area contributed by atoms with Gasteiger partial charge in [-0.25, -0.2) is 13.1 Å². The lowest BCUT2D eigenvalue weighted by Crippen LogP contribution is -2.61. The topological polar surface area (TPSA) is 240 Å². The van der Waals surface area contributed by atoms with E-state index in [9.17, 15) is 32.7 Å². The molecule has 0 radical (unpaired) electrons. The van der Waals surface area contributed by atoms with E-state index in [4.69, 9.17) is 15.2 Å². The van der Waals surface area contributed by atoms with Crippen LogP contribution >= 0.6 is 0 Å². The number of benzene rings is 3. The second kappa shape index (κ2) is 22.5. The molecule has 1 aliphatic heterocycles. The fraction of sp³-hybridized carbons (Fsp3) is 0.540. The van der Waals surface area contributed by atoms with E-state index in [-0.39, 0.29) is 55.0 Å². The van der Waals surface area contributed by atoms with Crippen LogP contribution in [0.4, 0.5) is 0 Å². The minimum atomic E-state index is -4.17. The van der Waals surface area contributed by atoms with Crippen molar-refractivity contribution in [2.45, 2.75) is 173 Å². The van der Waals surface area contributed by atoms with Gasteiger partial charge < -0.3 is 41.6 Å². The van der Waals surface area contributed by atoms with Crippen LogP contribution in [0.5, 0.6) is 5.75 Å². The molecule has 0 spiro atoms. The molecule has 17 heteroatoms. The summed E-state index contributed by atoms with van der Waals surface area (Å²) in [6.07, 6.45) is 0.938. The number of amides is 4. The summed E-state index contributed by atoms with van der Waals surface area (Å²) in [6, 6.07) is 15.5. The van der Waals surface area contributed by atoms with Gasteiger partial charge in [0, 0.05) is 31.0 Å². The van der Waals surface area contributed by atoms with Crippen molar-refractivity contribution in [3.05, 3.63) is 94.0 Å². The zero-order valence-corrected chi connectivity index (χ0v) is 41.3. The zero-order valence-electron chi connectivity index (χ0n) is 40.5. The standard InChI is InChI=1S/C50H71N7O9S/c1-30-31(2)44(32(3)37-29-50(8,9)66-43(30)37)67(63,64)57-48(51)52-28-16-21-38(42(59)47(62)53-36-24-25-36)55-46(61)41(33(4)65-49(5,6)7)56-45(60)39(26-22-34-17-12-10-13-18-34)54-40(58)27-23-35-19-14-11-15-20-35/h10-15,17-20,33,36,38-39,41-42,59H,16,21-29H2,1-9H3,(H,53,62)(H,54,58)(H,55,61)(H,56,60)(H3,51,52,57)/t33-,38+,39+,41+,42?/m1/s1. The van der Waals surface area contributed by atoms with Gasteiger partial charge >= 0.3 is 0 Å². The van der Waals surface area contributed by atoms with Crippen LogP contribution in [0.3, 0.4) is 0 Å². The van der Waals surface area contributed by atoms with Crippen LogP contribution < -0.4 is 36.5 Å². The predicted octanol–water partition coefficient (Wildman–Crippen LogP) is 4.26. The first-order valence-electron chi connectivity index (χ1n) is 23.2. The Morgan fingerprint density at radius 3 is 2.07 bits per heavy atom. The first-order valence-corrected chi connectivity index (χ1v) is 24.7. The Kier molecular flexibility index (Phi) is 17.6. The van der Waals surface area contributed by atoms with Crippen LogP contribution in [-0.4, -0.2) is 97.2 Å². The molecule has 366 valence electrons. The number of carbonyl (C=O) groups excluding carboxylic acids is 4. The highest BCUT2D eigenvalue weighted by atomic mass is 32.2. The van der Waals surface area contributed by atoms with Crippen molar-refractivity contribution in [2.75, 3.05) is 6.54 Å². The van der Waals surface area contributed by atoms with E-state index < -0.39 is 69.3 Å². The van der Waals surface area contributed by atoms with Crippen LogP contribution in [-0.2, 0) is 53.2 Å². The Morgan fingerprint density at radius 2 is 1.48 bits per heavy atom. The number of ether oxygens (including phenoxy) is 2. The molecule has 3 aromatic rings. The summed E-state index contributed by atoms with van der Waals surface area (Å²) < 4.78 is 42.3. The molecule has 1 saturated carbocycles. The summed E-state index contributed by atoms with van der Waals surface area (Å²) in [6.45, 7) is 16.2. The Bertz CT molecular complexity index is 2370. The van der Waals surface area contributed by atoms with Gasteiger partial charge in [-0.1, -0.05) is 60.7 Å². The first-order chi connectivity index (χ1) is 31.4. The second-order valence-corrected chi connectivity index (χ2v) is 21.1. The molecule has 16 nitrogen and oxygen atoms in total. The average molecular weight is 946 g/mol. The van der Waals surface area contributed by atoms with Crippen molar-refractivity contribution in [1.82, 2.24) is 26.0 Å². The molecule has 1 heterocycles. The van der Waals surface area contributed by atoms with E-state index in [0.29, 0.717) is 36.1 Å². The molecule has 67 heavy (non-hydrogen) atoms. The largest absolute Gasteiger partial charge is 0.487 e. The van der Waals surface area contributed by atoms with Crippen molar-refractivity contribution in [1.29, 1.82) is 0 Å². The lowest BCUT2D eigenvalue weighted by atomic mass is 9.94. The van der Waals surface area contributed by atoms with Crippen molar-refractivity contribution in [3.63, 3.8) is 0 Å². The highest BCUT2D eigenvalue weighted by Crippen LogP contribution is 2.43. The number of sulfonamides is 1. The lowest BCUT2D eigenvalue weighted by Gasteiger charge is -2.33. The van der Waals surface area contributed by atoms with Crippen LogP contribution in [0.25, 0.3) is 0 Å². The number of aliphatic imine (C=N–C) groups is 1. The van der Waals surface area contributed by atoms with Crippen molar-refractivity contribution in [3.8, 4) is 5.75 Å². The molecular formula is C50H71N7O9S. The van der Waals surface area contributed by atoms with Gasteiger partial charge in [-0.15, -0.1) is 0 Å². The number of aryl methyl sites for hydroxylation is 2. The number of hydrogen-bond donors (Lipinski definition) is 7. The number of rotatable bonds is 22. The summed E-state index contributed by atoms with van der Waals surface area (Å²) in [7, 11) is -4.17. The fourth-order valence-electron chi connectivity index (χ4n) is 8.33. The summed E-state index contributed by atoms with van der Waals surface area (Å²) >= 11 is 0. The number of nitrogens with zero attached hydrogens (tertiary/aromatic N) is 1. The summed E-state index contributed by atoms with van der Waals surface area (Å²) in [4.78, 5) is 59.6. The van der Waals surface area contributed by atoms with E-state index in [1.807, 2.05) is 102 Å². The van der Waals surface area contributed by atoms with Gasteiger partial charge in [0.25, 0.3) is 15.9 Å². The van der Waals surface area contributed by atoms with Crippen LogP contribution in [0.15, 0.2) is 70.6 Å². The van der Waals surface area contributed by atoms with Crippen LogP contribution in [0, 0.1) is 20.8 Å². The number of aliphatic hydroxyl groups excluding tert-OH is 1. The third-order valence-corrected chi connectivity index (χ3v) is 13.6. The van der Waals surface area contributed by atoms with E-state index >= 15 is 0 Å². The van der Waals surface area contributed by atoms with Gasteiger partial charge in [-0.2, -0.15) is 0 Å². The number of carbonyl (C=O) groups is 4. The molecule has 1 fully saturated rings. The summed E-state index contributed by atoms with van der Waals surface area (Å²) in [5.41, 5.74) is 9.52. The minimum Gasteiger partial charge on any atom is -0.487 e. The molecule has 1 unspecified atom stereocenters. The Balaban J connectivity index is 1.31. The van der Waals surface area contributed by atoms with Crippen molar-refractivity contribution >= 4 is 39.6 Å². The van der Waals surface area contributed by atoms with E-state index in [1.54, 1.807) is 20.8 Å². The molecule has 0 aromatic heterocycles. The number of fused-ring (bicyclic) bond motifs is 1. The average Bonchev–Trinajstić information content (AvgIpc) is 4.01. The number of nitrogens with two attached hydrogens (primary N) is 1. The molecule has 0 bridgehead atoms. The minimum absolute atomic E-state index is 0.0128. The maximum Gasteiger partial charge on any atom is 0.264 e. The molecule has 5 rings (SSSR count). The highest BCUT2D eigenvalue weighted by molar-refractivity contribution is 7.90. The Morgan fingerprint density at radius 1 is 0.866 bits per heavy atom. The van der Waals surface area contributed by atoms with Gasteiger partial charge in [-0.3, -0.25) is 24.2 Å². The van der Waals surface area contributed by atoms with E-state index in [1.165, 1.54) is 0 Å². The third kappa shape index (κ3) is 15.2. The molecule has 3 aromatic carbocycles. The fourth-order valence-corrected chi connectivity index (χ4v) is 9.85. The molecule has 4 amide bonds. The van der Waals surface area contributed by atoms with Crippen molar-refractivity contribution < 1.29 is 42.2 Å². The zero-order chi connectivity index (χ0) is 49.3. The van der Waals surface area contributed by atoms with Gasteiger partial charge in [0.2, 0.25) is 23.7 Å². The smallest absolute Gasteiger partial charge is 0.264 e. The van der Waals surface area contributed by atoms with Gasteiger partial charge in [0.1, 0.15) is 23.4 Å². The molecular weight excluding hydrogens is 875 g/mol. The molecule has 8 N–H and O–H groups in total. The quantitative estimate of drug-likeness (QED) is 0.0429. The summed E-state index contributed by atoms with van der Waals surface area (Å²) in [5, 5.41) is 22.7. The Hall–Kier alpha value is -5.52. The van der Waals surface area contributed by atoms with Crippen LogP contribution in [0.2, 0.25) is 0 Å². The normalized spacial score (nSPS) is 16.9.